The Hall–Kier alpha value is -0.780. The van der Waals surface area contributed by atoms with Crippen molar-refractivity contribution in [2.24, 2.45) is 0 Å². The molecule has 0 unspecified atom stereocenters. The molecule has 0 bridgehead atoms. The number of hydrogen-bond acceptors (Lipinski definition) is 0. The highest BCUT2D eigenvalue weighted by molar-refractivity contribution is 5.28. The van der Waals surface area contributed by atoms with Crippen LogP contribution in [-0.2, 0) is 0 Å². The predicted molar refractivity (Wildman–Crippen MR) is 77.2 cm³/mol. The van der Waals surface area contributed by atoms with Gasteiger partial charge in [0.15, 0.2) is 0 Å². The van der Waals surface area contributed by atoms with Crippen molar-refractivity contribution in [2.45, 2.75) is 67.7 Å². The highest BCUT2D eigenvalue weighted by atomic mass is 13.9. The average molecular weight is 222 g/mol. The first-order valence-corrected chi connectivity index (χ1v) is 6.57. The molecule has 0 heteroatoms. The van der Waals surface area contributed by atoms with Crippen LogP contribution in [0.4, 0.5) is 0 Å². The summed E-state index contributed by atoms with van der Waals surface area (Å²) in [6, 6.07) is 6.50. The fourth-order valence-corrected chi connectivity index (χ4v) is 0.891. The van der Waals surface area contributed by atoms with Gasteiger partial charge in [0.05, 0.1) is 0 Å². The standard InChI is InChI=1S/C9H12.C4H10.C3H8/c1-7-4-5-8(2)9(3)6-7;1-3-4-2;1-3-2/h4-6H,1-3H3;3-4H2,1-2H3;3H2,1-2H3. The van der Waals surface area contributed by atoms with E-state index in [0.29, 0.717) is 0 Å². The van der Waals surface area contributed by atoms with Gasteiger partial charge < -0.3 is 0 Å². The van der Waals surface area contributed by atoms with Gasteiger partial charge in [-0.3, -0.25) is 0 Å². The Bertz CT molecular complexity index is 246. The van der Waals surface area contributed by atoms with Gasteiger partial charge in [-0.05, 0) is 31.9 Å². The average Bonchev–Trinajstić information content (AvgIpc) is 2.25. The normalized spacial score (nSPS) is 8.44. The Morgan fingerprint density at radius 1 is 0.750 bits per heavy atom. The first-order valence-electron chi connectivity index (χ1n) is 6.57. The van der Waals surface area contributed by atoms with Gasteiger partial charge in [-0.25, -0.2) is 0 Å². The molecule has 0 aliphatic heterocycles. The zero-order chi connectivity index (χ0) is 13.0. The molecular weight excluding hydrogens is 192 g/mol. The van der Waals surface area contributed by atoms with E-state index in [2.05, 4.69) is 66.7 Å². The van der Waals surface area contributed by atoms with E-state index < -0.39 is 0 Å². The second-order valence-electron chi connectivity index (χ2n) is 4.29. The van der Waals surface area contributed by atoms with Gasteiger partial charge in [0.2, 0.25) is 0 Å². The third kappa shape index (κ3) is 11.3. The van der Waals surface area contributed by atoms with Gasteiger partial charge in [0, 0.05) is 0 Å². The monoisotopic (exact) mass is 222 g/mol. The first kappa shape index (κ1) is 17.6. The van der Waals surface area contributed by atoms with E-state index in [4.69, 9.17) is 0 Å². The van der Waals surface area contributed by atoms with Crippen molar-refractivity contribution >= 4 is 0 Å². The van der Waals surface area contributed by atoms with Crippen LogP contribution in [-0.4, -0.2) is 0 Å². The van der Waals surface area contributed by atoms with Crippen molar-refractivity contribution in [3.05, 3.63) is 34.9 Å². The van der Waals surface area contributed by atoms with E-state index >= 15 is 0 Å². The van der Waals surface area contributed by atoms with E-state index in [9.17, 15) is 0 Å². The van der Waals surface area contributed by atoms with Crippen molar-refractivity contribution in [1.29, 1.82) is 0 Å². The molecule has 16 heavy (non-hydrogen) atoms. The number of hydrogen-bond donors (Lipinski definition) is 0. The van der Waals surface area contributed by atoms with Gasteiger partial charge >= 0.3 is 0 Å². The van der Waals surface area contributed by atoms with E-state index in [0.717, 1.165) is 0 Å². The van der Waals surface area contributed by atoms with Crippen LogP contribution in [0.2, 0.25) is 0 Å². The molecule has 0 fully saturated rings. The molecule has 1 aromatic carbocycles. The molecule has 0 aliphatic rings. The van der Waals surface area contributed by atoms with Crippen molar-refractivity contribution in [1.82, 2.24) is 0 Å². The smallest absolute Gasteiger partial charge is 0.0395 e. The topological polar surface area (TPSA) is 0 Å². The largest absolute Gasteiger partial charge is 0.0656 e. The second-order valence-corrected chi connectivity index (χ2v) is 4.29. The highest BCUT2D eigenvalue weighted by Gasteiger charge is 1.89. The summed E-state index contributed by atoms with van der Waals surface area (Å²) in [7, 11) is 0. The maximum atomic E-state index is 2.20. The predicted octanol–water partition coefficient (Wildman–Crippen LogP) is 5.83. The number of benzene rings is 1. The second kappa shape index (κ2) is 12.3. The van der Waals surface area contributed by atoms with Gasteiger partial charge in [-0.2, -0.15) is 0 Å². The lowest BCUT2D eigenvalue weighted by molar-refractivity contribution is 0.886. The molecule has 1 rings (SSSR count). The summed E-state index contributed by atoms with van der Waals surface area (Å²) in [5.74, 6) is 0. The van der Waals surface area contributed by atoms with E-state index in [1.807, 2.05) is 0 Å². The van der Waals surface area contributed by atoms with Crippen LogP contribution in [0.3, 0.4) is 0 Å². The Kier molecular flexibility index (Phi) is 13.5. The first-order chi connectivity index (χ1) is 7.53. The van der Waals surface area contributed by atoms with Gasteiger partial charge in [0.1, 0.15) is 0 Å². The van der Waals surface area contributed by atoms with E-state index in [1.165, 1.54) is 36.0 Å². The summed E-state index contributed by atoms with van der Waals surface area (Å²) in [4.78, 5) is 0. The van der Waals surface area contributed by atoms with Crippen LogP contribution in [0, 0.1) is 20.8 Å². The van der Waals surface area contributed by atoms with Crippen LogP contribution in [0.5, 0.6) is 0 Å². The summed E-state index contributed by atoms with van der Waals surface area (Å²) >= 11 is 0. The molecule has 0 saturated carbocycles. The zero-order valence-electron chi connectivity index (χ0n) is 12.4. The molecule has 0 aliphatic carbocycles. The van der Waals surface area contributed by atoms with Crippen molar-refractivity contribution in [3.8, 4) is 0 Å². The summed E-state index contributed by atoms with van der Waals surface area (Å²) < 4.78 is 0. The molecule has 0 saturated heterocycles. The summed E-state index contributed by atoms with van der Waals surface area (Å²) in [5.41, 5.74) is 4.11. The molecule has 0 aromatic heterocycles. The third-order valence-electron chi connectivity index (χ3n) is 2.16. The Labute approximate surface area is 103 Å². The van der Waals surface area contributed by atoms with Crippen LogP contribution in [0.15, 0.2) is 18.2 Å². The minimum absolute atomic E-state index is 1.25. The van der Waals surface area contributed by atoms with Crippen LogP contribution < -0.4 is 0 Å². The molecule has 0 spiro atoms. The molecule has 0 amide bonds. The summed E-state index contributed by atoms with van der Waals surface area (Å²) in [5, 5.41) is 0. The lowest BCUT2D eigenvalue weighted by Crippen LogP contribution is -1.79. The molecule has 0 radical (unpaired) electrons. The van der Waals surface area contributed by atoms with Crippen molar-refractivity contribution in [3.63, 3.8) is 0 Å². The lowest BCUT2D eigenvalue weighted by atomic mass is 10.1. The lowest BCUT2D eigenvalue weighted by Gasteiger charge is -1.98. The fraction of sp³-hybridized carbons (Fsp3) is 0.625. The minimum Gasteiger partial charge on any atom is -0.0656 e. The number of aryl methyl sites for hydroxylation is 3. The summed E-state index contributed by atoms with van der Waals surface area (Å²) in [6.07, 6.45) is 3.89. The molecule has 94 valence electrons. The molecular formula is C16H30. The van der Waals surface area contributed by atoms with Gasteiger partial charge in [0.25, 0.3) is 0 Å². The molecule has 0 nitrogen and oxygen atoms in total. The van der Waals surface area contributed by atoms with Gasteiger partial charge in [-0.1, -0.05) is 70.7 Å². The molecule has 1 aromatic rings. The van der Waals surface area contributed by atoms with Crippen LogP contribution in [0.1, 0.15) is 63.6 Å². The SMILES string of the molecule is CCC.CCCC.Cc1ccc(C)c(C)c1. The maximum Gasteiger partial charge on any atom is -0.0395 e. The van der Waals surface area contributed by atoms with Crippen molar-refractivity contribution in [2.75, 3.05) is 0 Å². The van der Waals surface area contributed by atoms with Crippen LogP contribution >= 0.6 is 0 Å². The third-order valence-corrected chi connectivity index (χ3v) is 2.16. The maximum absolute atomic E-state index is 2.20. The van der Waals surface area contributed by atoms with Crippen LogP contribution in [0.25, 0.3) is 0 Å². The Balaban J connectivity index is 0. The molecule has 0 heterocycles. The number of unbranched alkanes of at least 4 members (excludes halogenated alkanes) is 1. The number of rotatable bonds is 1. The van der Waals surface area contributed by atoms with E-state index in [-0.39, 0.29) is 0 Å². The van der Waals surface area contributed by atoms with E-state index in [1.54, 1.807) is 0 Å². The zero-order valence-corrected chi connectivity index (χ0v) is 12.4. The molecule has 0 N–H and O–H groups in total. The quantitative estimate of drug-likeness (QED) is 0.560. The Morgan fingerprint density at radius 2 is 1.19 bits per heavy atom. The van der Waals surface area contributed by atoms with Crippen molar-refractivity contribution < 1.29 is 0 Å². The molecule has 0 atom stereocenters. The minimum atomic E-state index is 1.25. The Morgan fingerprint density at radius 3 is 1.44 bits per heavy atom. The highest BCUT2D eigenvalue weighted by Crippen LogP contribution is 2.07. The van der Waals surface area contributed by atoms with Gasteiger partial charge in [-0.15, -0.1) is 0 Å². The summed E-state index contributed by atoms with van der Waals surface area (Å²) in [6.45, 7) is 15.0. The fourth-order valence-electron chi connectivity index (χ4n) is 0.891.